The van der Waals surface area contributed by atoms with E-state index in [-0.39, 0.29) is 0 Å². The van der Waals surface area contributed by atoms with E-state index in [4.69, 9.17) is 9.47 Å². The molecule has 0 amide bonds. The summed E-state index contributed by atoms with van der Waals surface area (Å²) in [5, 5.41) is 3.72. The summed E-state index contributed by atoms with van der Waals surface area (Å²) < 4.78 is 10.9. The summed E-state index contributed by atoms with van der Waals surface area (Å²) >= 11 is 0. The fraction of sp³-hybridized carbons (Fsp3) is 0.625. The molecule has 3 heteroatoms. The van der Waals surface area contributed by atoms with E-state index in [9.17, 15) is 0 Å². The number of hydrogen-bond acceptors (Lipinski definition) is 3. The zero-order valence-corrected chi connectivity index (χ0v) is 12.2. The molecule has 1 heterocycles. The molecule has 1 aromatic carbocycles. The molecule has 0 radical (unpaired) electrons. The number of hydrogen-bond donors (Lipinski definition) is 1. The molecule has 0 aliphatic carbocycles. The Morgan fingerprint density at radius 3 is 2.74 bits per heavy atom. The highest BCUT2D eigenvalue weighted by Crippen LogP contribution is 2.22. The van der Waals surface area contributed by atoms with E-state index in [1.165, 1.54) is 5.56 Å². The van der Waals surface area contributed by atoms with Gasteiger partial charge in [-0.05, 0) is 43.9 Å². The molecule has 2 rings (SSSR count). The van der Waals surface area contributed by atoms with Crippen LogP contribution in [0.5, 0.6) is 5.75 Å². The van der Waals surface area contributed by atoms with Gasteiger partial charge in [0.05, 0.1) is 13.2 Å². The van der Waals surface area contributed by atoms with Crippen LogP contribution in [-0.4, -0.2) is 25.9 Å². The van der Waals surface area contributed by atoms with Gasteiger partial charge in [-0.15, -0.1) is 0 Å². The highest BCUT2D eigenvalue weighted by atomic mass is 16.5. The monoisotopic (exact) mass is 263 g/mol. The zero-order chi connectivity index (χ0) is 13.7. The van der Waals surface area contributed by atoms with Gasteiger partial charge in [0.1, 0.15) is 5.75 Å². The molecule has 1 saturated heterocycles. The molecule has 106 valence electrons. The van der Waals surface area contributed by atoms with Gasteiger partial charge in [-0.2, -0.15) is 0 Å². The normalized spacial score (nSPS) is 25.0. The van der Waals surface area contributed by atoms with E-state index in [2.05, 4.69) is 31.3 Å². The third kappa shape index (κ3) is 3.95. The first-order chi connectivity index (χ1) is 9.22. The maximum Gasteiger partial charge on any atom is 0.118 e. The predicted molar refractivity (Wildman–Crippen MR) is 77.6 cm³/mol. The Morgan fingerprint density at radius 1 is 1.37 bits per heavy atom. The minimum absolute atomic E-state index is 0.367. The second-order valence-electron chi connectivity index (χ2n) is 5.28. The van der Waals surface area contributed by atoms with E-state index in [0.29, 0.717) is 18.2 Å². The first-order valence-electron chi connectivity index (χ1n) is 7.24. The zero-order valence-electron chi connectivity index (χ0n) is 12.2. The Kier molecular flexibility index (Phi) is 5.23. The van der Waals surface area contributed by atoms with Crippen molar-refractivity contribution >= 4 is 0 Å². The smallest absolute Gasteiger partial charge is 0.118 e. The van der Waals surface area contributed by atoms with E-state index in [1.807, 2.05) is 12.1 Å². The standard InChI is InChI=1S/C16H25NO2/c1-4-15-11-14(9-10-19-15)17-12(2)13-5-7-16(18-3)8-6-13/h5-8,12,14-15,17H,4,9-11H2,1-3H3. The van der Waals surface area contributed by atoms with Crippen LogP contribution in [0.3, 0.4) is 0 Å². The van der Waals surface area contributed by atoms with Crippen LogP contribution in [0.4, 0.5) is 0 Å². The lowest BCUT2D eigenvalue weighted by atomic mass is 9.99. The van der Waals surface area contributed by atoms with Gasteiger partial charge in [0, 0.05) is 18.7 Å². The van der Waals surface area contributed by atoms with Crippen molar-refractivity contribution in [2.75, 3.05) is 13.7 Å². The highest BCUT2D eigenvalue weighted by Gasteiger charge is 2.22. The predicted octanol–water partition coefficient (Wildman–Crippen LogP) is 3.30. The molecule has 0 bridgehead atoms. The summed E-state index contributed by atoms with van der Waals surface area (Å²) in [7, 11) is 1.70. The number of nitrogens with one attached hydrogen (secondary N) is 1. The summed E-state index contributed by atoms with van der Waals surface area (Å²) in [6.45, 7) is 5.30. The third-order valence-electron chi connectivity index (χ3n) is 3.92. The summed E-state index contributed by atoms with van der Waals surface area (Å²) in [6, 6.07) is 9.24. The quantitative estimate of drug-likeness (QED) is 0.884. The molecule has 1 fully saturated rings. The maximum atomic E-state index is 5.72. The van der Waals surface area contributed by atoms with Crippen molar-refractivity contribution in [2.24, 2.45) is 0 Å². The number of benzene rings is 1. The second kappa shape index (κ2) is 6.92. The van der Waals surface area contributed by atoms with Crippen molar-refractivity contribution in [2.45, 2.75) is 51.3 Å². The lowest BCUT2D eigenvalue weighted by molar-refractivity contribution is -0.00165. The number of methoxy groups -OCH3 is 1. The fourth-order valence-corrected chi connectivity index (χ4v) is 2.66. The van der Waals surface area contributed by atoms with Gasteiger partial charge in [-0.25, -0.2) is 0 Å². The van der Waals surface area contributed by atoms with Gasteiger partial charge in [0.15, 0.2) is 0 Å². The first kappa shape index (κ1) is 14.4. The van der Waals surface area contributed by atoms with Crippen LogP contribution in [-0.2, 0) is 4.74 Å². The average Bonchev–Trinajstić information content (AvgIpc) is 2.47. The van der Waals surface area contributed by atoms with Crippen LogP contribution in [0.25, 0.3) is 0 Å². The molecular formula is C16H25NO2. The Balaban J connectivity index is 1.90. The molecule has 0 spiro atoms. The maximum absolute atomic E-state index is 5.72. The molecule has 3 nitrogen and oxygen atoms in total. The van der Waals surface area contributed by atoms with Gasteiger partial charge < -0.3 is 14.8 Å². The van der Waals surface area contributed by atoms with Crippen LogP contribution in [0.1, 0.15) is 44.7 Å². The van der Waals surface area contributed by atoms with Crippen molar-refractivity contribution < 1.29 is 9.47 Å². The molecule has 1 aliphatic heterocycles. The van der Waals surface area contributed by atoms with Crippen LogP contribution in [0.15, 0.2) is 24.3 Å². The Bertz CT molecular complexity index is 377. The van der Waals surface area contributed by atoms with Crippen LogP contribution >= 0.6 is 0 Å². The molecule has 0 saturated carbocycles. The fourth-order valence-electron chi connectivity index (χ4n) is 2.66. The Morgan fingerprint density at radius 2 is 2.11 bits per heavy atom. The number of ether oxygens (including phenoxy) is 2. The lowest BCUT2D eigenvalue weighted by Crippen LogP contribution is -2.39. The van der Waals surface area contributed by atoms with Crippen molar-refractivity contribution in [1.29, 1.82) is 0 Å². The van der Waals surface area contributed by atoms with Gasteiger partial charge in [-0.1, -0.05) is 19.1 Å². The SMILES string of the molecule is CCC1CC(NC(C)c2ccc(OC)cc2)CCO1. The van der Waals surface area contributed by atoms with Gasteiger partial charge >= 0.3 is 0 Å². The molecule has 3 unspecified atom stereocenters. The molecule has 1 aliphatic rings. The Hall–Kier alpha value is -1.06. The van der Waals surface area contributed by atoms with Gasteiger partial charge in [-0.3, -0.25) is 0 Å². The lowest BCUT2D eigenvalue weighted by Gasteiger charge is -2.32. The van der Waals surface area contributed by atoms with Crippen LogP contribution < -0.4 is 10.1 Å². The van der Waals surface area contributed by atoms with Crippen molar-refractivity contribution in [3.63, 3.8) is 0 Å². The minimum atomic E-state index is 0.367. The summed E-state index contributed by atoms with van der Waals surface area (Å²) in [5.74, 6) is 0.910. The van der Waals surface area contributed by atoms with E-state index in [1.54, 1.807) is 7.11 Å². The summed E-state index contributed by atoms with van der Waals surface area (Å²) in [4.78, 5) is 0. The Labute approximate surface area is 116 Å². The molecule has 1 N–H and O–H groups in total. The van der Waals surface area contributed by atoms with Crippen molar-refractivity contribution in [1.82, 2.24) is 5.32 Å². The van der Waals surface area contributed by atoms with Gasteiger partial charge in [0.25, 0.3) is 0 Å². The molecule has 3 atom stereocenters. The average molecular weight is 263 g/mol. The number of rotatable bonds is 5. The second-order valence-corrected chi connectivity index (χ2v) is 5.28. The summed E-state index contributed by atoms with van der Waals surface area (Å²) in [5.41, 5.74) is 1.31. The third-order valence-corrected chi connectivity index (χ3v) is 3.92. The molecule has 0 aromatic heterocycles. The van der Waals surface area contributed by atoms with Crippen LogP contribution in [0.2, 0.25) is 0 Å². The minimum Gasteiger partial charge on any atom is -0.497 e. The summed E-state index contributed by atoms with van der Waals surface area (Å²) in [6.07, 6.45) is 3.76. The van der Waals surface area contributed by atoms with Crippen molar-refractivity contribution in [3.05, 3.63) is 29.8 Å². The van der Waals surface area contributed by atoms with E-state index >= 15 is 0 Å². The highest BCUT2D eigenvalue weighted by molar-refractivity contribution is 5.28. The molecule has 1 aromatic rings. The van der Waals surface area contributed by atoms with Crippen molar-refractivity contribution in [3.8, 4) is 5.75 Å². The molecular weight excluding hydrogens is 238 g/mol. The van der Waals surface area contributed by atoms with Crippen LogP contribution in [0, 0.1) is 0 Å². The topological polar surface area (TPSA) is 30.5 Å². The van der Waals surface area contributed by atoms with E-state index < -0.39 is 0 Å². The van der Waals surface area contributed by atoms with E-state index in [0.717, 1.165) is 31.6 Å². The van der Waals surface area contributed by atoms with Gasteiger partial charge in [0.2, 0.25) is 0 Å². The largest absolute Gasteiger partial charge is 0.497 e. The molecule has 19 heavy (non-hydrogen) atoms. The first-order valence-corrected chi connectivity index (χ1v) is 7.24.